The molecule has 0 radical (unpaired) electrons. The van der Waals surface area contributed by atoms with Gasteiger partial charge in [-0.15, -0.1) is 0 Å². The van der Waals surface area contributed by atoms with E-state index in [-0.39, 0.29) is 55.2 Å². The van der Waals surface area contributed by atoms with Crippen molar-refractivity contribution >= 4 is 42.8 Å². The summed E-state index contributed by atoms with van der Waals surface area (Å²) in [6.45, 7) is 7.03. The number of anilines is 1. The molecule has 15 heteroatoms. The van der Waals surface area contributed by atoms with E-state index < -0.39 is 34.4 Å². The lowest BCUT2D eigenvalue weighted by atomic mass is 10.0. The van der Waals surface area contributed by atoms with Gasteiger partial charge >= 0.3 is 6.09 Å². The van der Waals surface area contributed by atoms with E-state index in [4.69, 9.17) is 19.2 Å². The summed E-state index contributed by atoms with van der Waals surface area (Å²) in [6.07, 6.45) is 2.80. The minimum Gasteiger partial charge on any atom is -0.443 e. The molecule has 0 aliphatic carbocycles. The first-order valence-electron chi connectivity index (χ1n) is 18.3. The molecule has 3 aliphatic rings. The average molecular weight is 765 g/mol. The summed E-state index contributed by atoms with van der Waals surface area (Å²) in [7, 11) is -4.15. The maximum Gasteiger partial charge on any atom is 0.407 e. The van der Waals surface area contributed by atoms with E-state index >= 15 is 0 Å². The highest BCUT2D eigenvalue weighted by molar-refractivity contribution is 7.89. The molecule has 1 amide bonds. The molecule has 53 heavy (non-hydrogen) atoms. The number of rotatable bonds is 15. The zero-order valence-corrected chi connectivity index (χ0v) is 31.7. The van der Waals surface area contributed by atoms with Crippen LogP contribution < -0.4 is 15.5 Å². The number of sulfonamides is 1. The number of amides is 1. The molecule has 4 aromatic rings. The van der Waals surface area contributed by atoms with Gasteiger partial charge in [0.15, 0.2) is 11.4 Å². The number of aromatic nitrogens is 2. The summed E-state index contributed by atoms with van der Waals surface area (Å²) in [4.78, 5) is 24.6. The van der Waals surface area contributed by atoms with Crippen LogP contribution in [0.2, 0.25) is 0 Å². The van der Waals surface area contributed by atoms with Crippen LogP contribution in [0.25, 0.3) is 10.2 Å². The Bertz CT molecular complexity index is 1930. The van der Waals surface area contributed by atoms with Crippen LogP contribution in [-0.4, -0.2) is 104 Å². The minimum atomic E-state index is -4.15. The normalized spacial score (nSPS) is 22.7. The topological polar surface area (TPSA) is 155 Å². The highest BCUT2D eigenvalue weighted by Crippen LogP contribution is 2.35. The number of carbonyl (C=O) groups excluding carboxylic acids is 1. The van der Waals surface area contributed by atoms with E-state index in [1.807, 2.05) is 62.5 Å². The quantitative estimate of drug-likeness (QED) is 0.160. The van der Waals surface area contributed by atoms with Crippen LogP contribution in [0.15, 0.2) is 78.0 Å². The molecule has 5 heterocycles. The Morgan fingerprint density at radius 1 is 1.11 bits per heavy atom. The molecule has 0 spiro atoms. The molecule has 3 saturated heterocycles. The zero-order valence-electron chi connectivity index (χ0n) is 30.0. The smallest absolute Gasteiger partial charge is 0.407 e. The number of aliphatic hydroxyl groups is 1. The largest absolute Gasteiger partial charge is 0.443 e. The molecule has 7 rings (SSSR count). The number of hydrogen-bond acceptors (Lipinski definition) is 12. The van der Waals surface area contributed by atoms with E-state index in [9.17, 15) is 18.3 Å². The molecule has 3 fully saturated rings. The van der Waals surface area contributed by atoms with Crippen molar-refractivity contribution in [2.24, 2.45) is 11.8 Å². The number of aliphatic hydroxyl groups excluding tert-OH is 1. The molecule has 6 unspecified atom stereocenters. The molecule has 284 valence electrons. The number of nitrogens with zero attached hydrogens (tertiary/aromatic N) is 4. The fourth-order valence-corrected chi connectivity index (χ4v) is 10.4. The standard InChI is InChI=1S/C38H48N6O7S2/c1-25(2)22-44(32(17-26-7-4-3-5-8-26)33(45)21-41-38(46)51-34-24-50-36-30(34)13-16-49-36)53(47,48)29-10-11-31-35(18-29)52-37(42-31)43(28-12-15-40-20-28)23-27-9-6-14-39-19-27/h3-11,14,18-19,25,28,30,32-34,36,40,45H,12-13,15-17,20-24H2,1-2H3,(H,41,46). The second-order valence-electron chi connectivity index (χ2n) is 14.4. The van der Waals surface area contributed by atoms with Gasteiger partial charge in [-0.3, -0.25) is 4.98 Å². The number of fused-ring (bicyclic) bond motifs is 2. The van der Waals surface area contributed by atoms with Crippen molar-refractivity contribution < 1.29 is 32.5 Å². The SMILES string of the molecule is CC(C)CN(C(Cc1ccccc1)C(O)CNC(=O)OC1COC2OCCC12)S(=O)(=O)c1ccc2nc(N(Cc3cccnc3)C3CCNC3)sc2c1. The summed E-state index contributed by atoms with van der Waals surface area (Å²) < 4.78 is 48.4. The summed E-state index contributed by atoms with van der Waals surface area (Å²) in [5.41, 5.74) is 2.64. The first-order valence-corrected chi connectivity index (χ1v) is 20.6. The molecule has 6 atom stereocenters. The van der Waals surface area contributed by atoms with Crippen LogP contribution in [0.5, 0.6) is 0 Å². The van der Waals surface area contributed by atoms with Gasteiger partial charge in [-0.1, -0.05) is 61.6 Å². The second-order valence-corrected chi connectivity index (χ2v) is 17.3. The minimum absolute atomic E-state index is 0.0286. The molecule has 0 saturated carbocycles. The third-order valence-corrected chi connectivity index (χ3v) is 13.0. The average Bonchev–Trinajstić information content (AvgIpc) is 3.98. The summed E-state index contributed by atoms with van der Waals surface area (Å²) in [5.74, 6) is -0.0870. The fourth-order valence-electron chi connectivity index (χ4n) is 7.37. The van der Waals surface area contributed by atoms with Gasteiger partial charge in [0.1, 0.15) is 6.10 Å². The number of benzene rings is 2. The summed E-state index contributed by atoms with van der Waals surface area (Å²) >= 11 is 1.47. The Kier molecular flexibility index (Phi) is 11.9. The first-order chi connectivity index (χ1) is 25.7. The second kappa shape index (κ2) is 16.8. The van der Waals surface area contributed by atoms with Gasteiger partial charge in [0.25, 0.3) is 0 Å². The predicted molar refractivity (Wildman–Crippen MR) is 202 cm³/mol. The Morgan fingerprint density at radius 2 is 1.94 bits per heavy atom. The Morgan fingerprint density at radius 3 is 2.70 bits per heavy atom. The lowest BCUT2D eigenvalue weighted by Crippen LogP contribution is -2.53. The van der Waals surface area contributed by atoms with Gasteiger partial charge in [0, 0.05) is 44.6 Å². The predicted octanol–water partition coefficient (Wildman–Crippen LogP) is 4.17. The van der Waals surface area contributed by atoms with Gasteiger partial charge in [0.05, 0.1) is 46.4 Å². The van der Waals surface area contributed by atoms with Crippen LogP contribution in [0.1, 0.15) is 37.8 Å². The number of thiazole rings is 1. The number of nitrogens with one attached hydrogen (secondary N) is 2. The maximum atomic E-state index is 14.7. The molecule has 2 aromatic carbocycles. The van der Waals surface area contributed by atoms with Gasteiger partial charge < -0.3 is 34.9 Å². The van der Waals surface area contributed by atoms with Crippen molar-refractivity contribution in [2.75, 3.05) is 44.3 Å². The van der Waals surface area contributed by atoms with Crippen molar-refractivity contribution in [3.05, 3.63) is 84.2 Å². The maximum absolute atomic E-state index is 14.7. The molecular formula is C38H48N6O7S2. The molecule has 2 aromatic heterocycles. The van der Waals surface area contributed by atoms with Crippen LogP contribution in [0.3, 0.4) is 0 Å². The highest BCUT2D eigenvalue weighted by Gasteiger charge is 2.44. The molecule has 0 bridgehead atoms. The van der Waals surface area contributed by atoms with Crippen LogP contribution in [-0.2, 0) is 37.2 Å². The number of ether oxygens (including phenoxy) is 3. The first kappa shape index (κ1) is 37.6. The van der Waals surface area contributed by atoms with E-state index in [2.05, 4.69) is 20.5 Å². The third-order valence-electron chi connectivity index (χ3n) is 10.1. The van der Waals surface area contributed by atoms with E-state index in [0.29, 0.717) is 18.7 Å². The van der Waals surface area contributed by atoms with Crippen molar-refractivity contribution in [1.82, 2.24) is 24.9 Å². The lowest BCUT2D eigenvalue weighted by molar-refractivity contribution is -0.0907. The Hall–Kier alpha value is -3.70. The van der Waals surface area contributed by atoms with Gasteiger partial charge in [-0.2, -0.15) is 4.31 Å². The fraction of sp³-hybridized carbons (Fsp3) is 0.500. The van der Waals surface area contributed by atoms with Gasteiger partial charge in [-0.25, -0.2) is 18.2 Å². The summed E-state index contributed by atoms with van der Waals surface area (Å²) in [6, 6.07) is 17.8. The van der Waals surface area contributed by atoms with Gasteiger partial charge in [0.2, 0.25) is 10.0 Å². The van der Waals surface area contributed by atoms with E-state index in [1.54, 1.807) is 24.4 Å². The van der Waals surface area contributed by atoms with Crippen molar-refractivity contribution in [1.29, 1.82) is 0 Å². The Labute approximate surface area is 314 Å². The molecular weight excluding hydrogens is 717 g/mol. The number of alkyl carbamates (subject to hydrolysis) is 1. The molecule has 3 N–H and O–H groups in total. The number of carbonyl (C=O) groups is 1. The highest BCUT2D eigenvalue weighted by atomic mass is 32.2. The van der Waals surface area contributed by atoms with Crippen molar-refractivity contribution in [3.63, 3.8) is 0 Å². The molecule has 13 nitrogen and oxygen atoms in total. The monoisotopic (exact) mass is 764 g/mol. The summed E-state index contributed by atoms with van der Waals surface area (Å²) in [5, 5.41) is 18.7. The van der Waals surface area contributed by atoms with E-state index in [1.165, 1.54) is 15.6 Å². The number of pyridine rings is 1. The number of hydrogen-bond donors (Lipinski definition) is 3. The molecule has 3 aliphatic heterocycles. The van der Waals surface area contributed by atoms with Crippen LogP contribution in [0.4, 0.5) is 9.93 Å². The van der Waals surface area contributed by atoms with Crippen molar-refractivity contribution in [2.45, 2.75) is 75.1 Å². The van der Waals surface area contributed by atoms with Crippen molar-refractivity contribution in [3.8, 4) is 0 Å². The van der Waals surface area contributed by atoms with Gasteiger partial charge in [-0.05, 0) is 67.1 Å². The zero-order chi connectivity index (χ0) is 37.0. The Balaban J connectivity index is 1.14. The van der Waals surface area contributed by atoms with Crippen LogP contribution in [0, 0.1) is 11.8 Å². The van der Waals surface area contributed by atoms with Crippen LogP contribution >= 0.6 is 11.3 Å². The lowest BCUT2D eigenvalue weighted by Gasteiger charge is -2.35. The third kappa shape index (κ3) is 8.83. The van der Waals surface area contributed by atoms with E-state index in [0.717, 1.165) is 46.9 Å².